The van der Waals surface area contributed by atoms with Crippen LogP contribution in [0, 0.1) is 5.82 Å². The van der Waals surface area contributed by atoms with Crippen molar-refractivity contribution in [2.45, 2.75) is 39.0 Å². The van der Waals surface area contributed by atoms with Crippen LogP contribution in [0.25, 0.3) is 11.0 Å². The van der Waals surface area contributed by atoms with Gasteiger partial charge in [-0.05, 0) is 32.9 Å². The maximum Gasteiger partial charge on any atom is 0.408 e. The van der Waals surface area contributed by atoms with Crippen LogP contribution in [0.15, 0.2) is 23.1 Å². The number of benzene rings is 1. The number of carbonyl (C=O) groups excluding carboxylic acids is 1. The second kappa shape index (κ2) is 4.79. The number of ether oxygens (including phenoxy) is 1. The van der Waals surface area contributed by atoms with E-state index in [9.17, 15) is 14.0 Å². The molecule has 1 amide bonds. The molecule has 0 bridgehead atoms. The standard InChI is InChI=1S/C15H16FN3O3/c1-15(2,3)22-14(21)18-10-7-19-11(20)6-17-9-5-4-8(16)12(10)13(9)19/h4-6,10H,7H2,1-3H3,(H,18,21)/t10-/m1/s1. The normalized spacial score (nSPS) is 16.8. The SMILES string of the molecule is CC(C)(C)OC(=O)N[C@@H]1Cn2c(=O)cnc3ccc(F)c1c32. The van der Waals surface area contributed by atoms with E-state index in [-0.39, 0.29) is 17.7 Å². The van der Waals surface area contributed by atoms with E-state index >= 15 is 0 Å². The maximum absolute atomic E-state index is 14.2. The Morgan fingerprint density at radius 3 is 2.86 bits per heavy atom. The maximum atomic E-state index is 14.2. The highest BCUT2D eigenvalue weighted by Crippen LogP contribution is 2.32. The number of rotatable bonds is 1. The van der Waals surface area contributed by atoms with Crippen LogP contribution in [0.4, 0.5) is 9.18 Å². The first-order valence-corrected chi connectivity index (χ1v) is 6.94. The Labute approximate surface area is 125 Å². The molecular formula is C15H16FN3O3. The first-order chi connectivity index (χ1) is 10.3. The number of alkyl carbamates (subject to hydrolysis) is 1. The lowest BCUT2D eigenvalue weighted by molar-refractivity contribution is 0.0501. The van der Waals surface area contributed by atoms with E-state index in [1.165, 1.54) is 22.9 Å². The van der Waals surface area contributed by atoms with Crippen molar-refractivity contribution in [3.63, 3.8) is 0 Å². The molecule has 116 valence electrons. The predicted molar refractivity (Wildman–Crippen MR) is 78.1 cm³/mol. The van der Waals surface area contributed by atoms with Gasteiger partial charge in [-0.25, -0.2) is 14.2 Å². The minimum atomic E-state index is -0.657. The third-order valence-corrected chi connectivity index (χ3v) is 3.40. The van der Waals surface area contributed by atoms with Gasteiger partial charge in [0.25, 0.3) is 5.56 Å². The van der Waals surface area contributed by atoms with Gasteiger partial charge in [0.1, 0.15) is 11.4 Å². The fourth-order valence-corrected chi connectivity index (χ4v) is 2.62. The van der Waals surface area contributed by atoms with E-state index in [2.05, 4.69) is 10.3 Å². The molecule has 0 fully saturated rings. The fourth-order valence-electron chi connectivity index (χ4n) is 2.62. The van der Waals surface area contributed by atoms with Crippen LogP contribution >= 0.6 is 0 Å². The zero-order chi connectivity index (χ0) is 16.1. The average Bonchev–Trinajstić information content (AvgIpc) is 2.76. The molecule has 0 aliphatic carbocycles. The number of hydrogen-bond acceptors (Lipinski definition) is 4. The van der Waals surface area contributed by atoms with Crippen molar-refractivity contribution in [1.82, 2.24) is 14.9 Å². The molecule has 0 spiro atoms. The molecule has 1 atom stereocenters. The average molecular weight is 305 g/mol. The van der Waals surface area contributed by atoms with E-state index in [0.717, 1.165) is 0 Å². The minimum absolute atomic E-state index is 0.160. The molecule has 2 aromatic rings. The molecule has 7 heteroatoms. The van der Waals surface area contributed by atoms with Crippen molar-refractivity contribution in [2.24, 2.45) is 0 Å². The van der Waals surface area contributed by atoms with Crippen LogP contribution in [0.5, 0.6) is 0 Å². The highest BCUT2D eigenvalue weighted by Gasteiger charge is 2.31. The van der Waals surface area contributed by atoms with Gasteiger partial charge in [-0.1, -0.05) is 0 Å². The van der Waals surface area contributed by atoms with E-state index in [0.29, 0.717) is 11.0 Å². The molecule has 3 rings (SSSR count). The molecule has 0 unspecified atom stereocenters. The van der Waals surface area contributed by atoms with Gasteiger partial charge in [0.2, 0.25) is 0 Å². The second-order valence-electron chi connectivity index (χ2n) is 6.23. The first kappa shape index (κ1) is 14.5. The van der Waals surface area contributed by atoms with Gasteiger partial charge in [-0.15, -0.1) is 0 Å². The van der Waals surface area contributed by atoms with Crippen molar-refractivity contribution in [3.8, 4) is 0 Å². The molecule has 2 heterocycles. The number of nitrogens with one attached hydrogen (secondary N) is 1. The third kappa shape index (κ3) is 2.43. The summed E-state index contributed by atoms with van der Waals surface area (Å²) in [4.78, 5) is 27.8. The topological polar surface area (TPSA) is 73.2 Å². The molecule has 1 N–H and O–H groups in total. The van der Waals surface area contributed by atoms with E-state index in [4.69, 9.17) is 4.74 Å². The van der Waals surface area contributed by atoms with Crippen molar-refractivity contribution < 1.29 is 13.9 Å². The lowest BCUT2D eigenvalue weighted by Crippen LogP contribution is -2.35. The van der Waals surface area contributed by atoms with E-state index in [1.54, 1.807) is 20.8 Å². The van der Waals surface area contributed by atoms with Crippen LogP contribution in [-0.4, -0.2) is 21.2 Å². The molecular weight excluding hydrogens is 289 g/mol. The highest BCUT2D eigenvalue weighted by atomic mass is 19.1. The smallest absolute Gasteiger partial charge is 0.408 e. The van der Waals surface area contributed by atoms with Gasteiger partial charge in [-0.3, -0.25) is 4.79 Å². The van der Waals surface area contributed by atoms with Crippen molar-refractivity contribution in [3.05, 3.63) is 40.1 Å². The molecule has 1 aromatic heterocycles. The number of aromatic nitrogens is 2. The van der Waals surface area contributed by atoms with Gasteiger partial charge < -0.3 is 14.6 Å². The molecule has 0 saturated carbocycles. The number of carbonyl (C=O) groups is 1. The largest absolute Gasteiger partial charge is 0.444 e. The van der Waals surface area contributed by atoms with Crippen LogP contribution in [0.2, 0.25) is 0 Å². The Kier molecular flexibility index (Phi) is 3.16. The molecule has 6 nitrogen and oxygen atoms in total. The number of amides is 1. The van der Waals surface area contributed by atoms with Gasteiger partial charge in [-0.2, -0.15) is 0 Å². The van der Waals surface area contributed by atoms with Crippen LogP contribution < -0.4 is 10.9 Å². The monoisotopic (exact) mass is 305 g/mol. The predicted octanol–water partition coefficient (Wildman–Crippen LogP) is 2.12. The third-order valence-electron chi connectivity index (χ3n) is 3.40. The highest BCUT2D eigenvalue weighted by molar-refractivity contribution is 5.81. The summed E-state index contributed by atoms with van der Waals surface area (Å²) in [5.74, 6) is -0.479. The summed E-state index contributed by atoms with van der Waals surface area (Å²) in [6, 6.07) is 2.14. The Morgan fingerprint density at radius 2 is 2.18 bits per heavy atom. The van der Waals surface area contributed by atoms with E-state index in [1.807, 2.05) is 0 Å². The summed E-state index contributed by atoms with van der Waals surface area (Å²) in [6.45, 7) is 5.39. The molecule has 1 aromatic carbocycles. The summed E-state index contributed by atoms with van der Waals surface area (Å²) in [5.41, 5.74) is 0.234. The summed E-state index contributed by atoms with van der Waals surface area (Å²) < 4.78 is 20.8. The zero-order valence-corrected chi connectivity index (χ0v) is 12.5. The summed E-state index contributed by atoms with van der Waals surface area (Å²) in [6.07, 6.45) is 0.544. The Balaban J connectivity index is 2.00. The van der Waals surface area contributed by atoms with Crippen molar-refractivity contribution in [2.75, 3.05) is 0 Å². The molecule has 0 radical (unpaired) electrons. The zero-order valence-electron chi connectivity index (χ0n) is 12.5. The van der Waals surface area contributed by atoms with Gasteiger partial charge >= 0.3 is 6.09 Å². The Morgan fingerprint density at radius 1 is 1.45 bits per heavy atom. The lowest BCUT2D eigenvalue weighted by Gasteiger charge is -2.22. The van der Waals surface area contributed by atoms with Crippen molar-refractivity contribution >= 4 is 17.1 Å². The minimum Gasteiger partial charge on any atom is -0.444 e. The summed E-state index contributed by atoms with van der Waals surface area (Å²) in [5, 5.41) is 2.62. The fraction of sp³-hybridized carbons (Fsp3) is 0.400. The van der Waals surface area contributed by atoms with E-state index < -0.39 is 23.6 Å². The Hall–Kier alpha value is -2.44. The molecule has 1 aliphatic heterocycles. The Bertz CT molecular complexity index is 823. The van der Waals surface area contributed by atoms with Crippen molar-refractivity contribution in [1.29, 1.82) is 0 Å². The number of halogens is 1. The number of nitrogens with zero attached hydrogens (tertiary/aromatic N) is 2. The molecule has 1 aliphatic rings. The second-order valence-corrected chi connectivity index (χ2v) is 6.23. The van der Waals surface area contributed by atoms with Crippen LogP contribution in [0.3, 0.4) is 0 Å². The van der Waals surface area contributed by atoms with Gasteiger partial charge in [0.05, 0.1) is 29.8 Å². The first-order valence-electron chi connectivity index (χ1n) is 6.94. The molecule has 22 heavy (non-hydrogen) atoms. The summed E-state index contributed by atoms with van der Waals surface area (Å²) in [7, 11) is 0. The van der Waals surface area contributed by atoms with Crippen LogP contribution in [0.1, 0.15) is 32.4 Å². The number of hydrogen-bond donors (Lipinski definition) is 1. The summed E-state index contributed by atoms with van der Waals surface area (Å²) >= 11 is 0. The van der Waals surface area contributed by atoms with Gasteiger partial charge in [0.15, 0.2) is 0 Å². The lowest BCUT2D eigenvalue weighted by atomic mass is 10.1. The van der Waals surface area contributed by atoms with Gasteiger partial charge in [0, 0.05) is 5.56 Å². The van der Waals surface area contributed by atoms with Crippen LogP contribution in [-0.2, 0) is 11.3 Å². The molecule has 0 saturated heterocycles. The quantitative estimate of drug-likeness (QED) is 0.876.